The number of carbonyl (C=O) groups is 1. The summed E-state index contributed by atoms with van der Waals surface area (Å²) in [5.74, 6) is 2.29. The number of nitrogens with zero attached hydrogens (tertiary/aromatic N) is 4. The Labute approximate surface area is 124 Å². The lowest BCUT2D eigenvalue weighted by molar-refractivity contribution is 0.197. The van der Waals surface area contributed by atoms with E-state index in [-0.39, 0.29) is 12.1 Å². The number of fused-ring (bicyclic) bond motifs is 1. The maximum atomic E-state index is 11.7. The van der Waals surface area contributed by atoms with Gasteiger partial charge in [-0.25, -0.2) is 14.8 Å². The van der Waals surface area contributed by atoms with Crippen LogP contribution in [0, 0.1) is 6.92 Å². The zero-order chi connectivity index (χ0) is 15.0. The number of urea groups is 1. The first kappa shape index (κ1) is 13.9. The predicted octanol–water partition coefficient (Wildman–Crippen LogP) is 0.534. The minimum atomic E-state index is 0.0465. The minimum absolute atomic E-state index is 0.0465. The van der Waals surface area contributed by atoms with E-state index in [2.05, 4.69) is 22.1 Å². The van der Waals surface area contributed by atoms with Crippen LogP contribution in [0.5, 0.6) is 0 Å². The highest BCUT2D eigenvalue weighted by atomic mass is 16.2. The van der Waals surface area contributed by atoms with Crippen LogP contribution in [-0.2, 0) is 6.42 Å². The van der Waals surface area contributed by atoms with Gasteiger partial charge in [0.05, 0.1) is 6.04 Å². The molecule has 2 aliphatic rings. The van der Waals surface area contributed by atoms with Crippen molar-refractivity contribution in [2.24, 2.45) is 0 Å². The van der Waals surface area contributed by atoms with Crippen LogP contribution in [0.1, 0.15) is 24.7 Å². The number of nitrogens with two attached hydrogens (primary N) is 1. The lowest BCUT2D eigenvalue weighted by Gasteiger charge is -2.37. The van der Waals surface area contributed by atoms with E-state index in [1.54, 1.807) is 0 Å². The normalized spacial score (nSPS) is 21.4. The lowest BCUT2D eigenvalue weighted by atomic mass is 10.1. The van der Waals surface area contributed by atoms with Gasteiger partial charge in [-0.1, -0.05) is 6.92 Å². The number of aryl methyl sites for hydroxylation is 1. The van der Waals surface area contributed by atoms with Gasteiger partial charge in [0.1, 0.15) is 17.5 Å². The summed E-state index contributed by atoms with van der Waals surface area (Å²) in [5.41, 5.74) is 6.96. The van der Waals surface area contributed by atoms with E-state index < -0.39 is 0 Å². The van der Waals surface area contributed by atoms with Gasteiger partial charge >= 0.3 is 6.03 Å². The highest BCUT2D eigenvalue weighted by molar-refractivity contribution is 5.77. The summed E-state index contributed by atoms with van der Waals surface area (Å²) in [6, 6.07) is 0.265. The number of amides is 2. The first-order chi connectivity index (χ1) is 10.1. The van der Waals surface area contributed by atoms with Crippen LogP contribution in [0.15, 0.2) is 0 Å². The van der Waals surface area contributed by atoms with E-state index >= 15 is 0 Å². The molecule has 114 valence electrons. The fourth-order valence-corrected chi connectivity index (χ4v) is 3.01. The van der Waals surface area contributed by atoms with Gasteiger partial charge in [0, 0.05) is 38.2 Å². The molecule has 0 aromatic carbocycles. The van der Waals surface area contributed by atoms with Gasteiger partial charge in [-0.05, 0) is 13.3 Å². The Morgan fingerprint density at radius 1 is 1.38 bits per heavy atom. The maximum absolute atomic E-state index is 11.7. The van der Waals surface area contributed by atoms with Gasteiger partial charge in [0.15, 0.2) is 0 Å². The molecule has 2 saturated heterocycles. The molecule has 0 radical (unpaired) electrons. The molecule has 0 spiro atoms. The standard InChI is InChI=1S/C14H22N6O/c1-3-4-11-17-12(15)9(2)13(18-11)19-5-6-20-10(8-19)7-16-14(20)21/h10H,3-8H2,1-2H3,(H,16,21)(H2,15,17,18). The van der Waals surface area contributed by atoms with Crippen molar-refractivity contribution in [2.75, 3.05) is 36.8 Å². The lowest BCUT2D eigenvalue weighted by Crippen LogP contribution is -2.52. The first-order valence-electron chi connectivity index (χ1n) is 7.52. The Balaban J connectivity index is 1.85. The second kappa shape index (κ2) is 5.38. The molecule has 3 rings (SSSR count). The van der Waals surface area contributed by atoms with Crippen LogP contribution in [-0.4, -0.2) is 53.1 Å². The summed E-state index contributed by atoms with van der Waals surface area (Å²) in [6.45, 7) is 7.08. The van der Waals surface area contributed by atoms with E-state index in [9.17, 15) is 4.79 Å². The summed E-state index contributed by atoms with van der Waals surface area (Å²) in [5, 5.41) is 2.89. The minimum Gasteiger partial charge on any atom is -0.383 e. The van der Waals surface area contributed by atoms with Crippen LogP contribution in [0.2, 0.25) is 0 Å². The topological polar surface area (TPSA) is 87.4 Å². The summed E-state index contributed by atoms with van der Waals surface area (Å²) >= 11 is 0. The monoisotopic (exact) mass is 290 g/mol. The zero-order valence-electron chi connectivity index (χ0n) is 12.6. The summed E-state index contributed by atoms with van der Waals surface area (Å²) in [7, 11) is 0. The van der Waals surface area contributed by atoms with Crippen molar-refractivity contribution >= 4 is 17.7 Å². The molecule has 3 N–H and O–H groups in total. The third-order valence-corrected chi connectivity index (χ3v) is 4.21. The average molecular weight is 290 g/mol. The van der Waals surface area contributed by atoms with Crippen LogP contribution < -0.4 is 16.0 Å². The number of piperazine rings is 1. The molecule has 2 aliphatic heterocycles. The highest BCUT2D eigenvalue weighted by Gasteiger charge is 2.36. The third kappa shape index (κ3) is 2.48. The number of anilines is 2. The zero-order valence-corrected chi connectivity index (χ0v) is 12.6. The van der Waals surface area contributed by atoms with Gasteiger partial charge in [-0.3, -0.25) is 0 Å². The van der Waals surface area contributed by atoms with E-state index in [4.69, 9.17) is 10.7 Å². The van der Waals surface area contributed by atoms with Crippen LogP contribution in [0.25, 0.3) is 0 Å². The molecule has 2 amide bonds. The Morgan fingerprint density at radius 3 is 2.95 bits per heavy atom. The molecule has 1 atom stereocenters. The SMILES string of the molecule is CCCc1nc(N)c(C)c(N2CCN3C(=O)NCC3C2)n1. The molecule has 2 fully saturated rings. The molecule has 7 nitrogen and oxygen atoms in total. The molecule has 0 saturated carbocycles. The van der Waals surface area contributed by atoms with Crippen LogP contribution in [0.3, 0.4) is 0 Å². The van der Waals surface area contributed by atoms with Crippen LogP contribution >= 0.6 is 0 Å². The maximum Gasteiger partial charge on any atom is 0.317 e. The molecule has 0 aliphatic carbocycles. The second-order valence-corrected chi connectivity index (χ2v) is 5.70. The van der Waals surface area contributed by atoms with Crippen molar-refractivity contribution in [3.8, 4) is 0 Å². The van der Waals surface area contributed by atoms with Crippen molar-refractivity contribution in [3.63, 3.8) is 0 Å². The Bertz CT molecular complexity index is 561. The van der Waals surface area contributed by atoms with Crippen molar-refractivity contribution in [1.82, 2.24) is 20.2 Å². The molecular formula is C14H22N6O. The summed E-state index contributed by atoms with van der Waals surface area (Å²) in [6.07, 6.45) is 1.83. The average Bonchev–Trinajstić information content (AvgIpc) is 2.84. The molecule has 1 aromatic rings. The molecule has 7 heteroatoms. The smallest absolute Gasteiger partial charge is 0.317 e. The number of nitrogens with one attached hydrogen (secondary N) is 1. The van der Waals surface area contributed by atoms with E-state index in [0.29, 0.717) is 12.4 Å². The fourth-order valence-electron chi connectivity index (χ4n) is 3.01. The molecule has 3 heterocycles. The summed E-state index contributed by atoms with van der Waals surface area (Å²) in [4.78, 5) is 24.8. The summed E-state index contributed by atoms with van der Waals surface area (Å²) < 4.78 is 0. The largest absolute Gasteiger partial charge is 0.383 e. The molecule has 0 bridgehead atoms. The van der Waals surface area contributed by atoms with Crippen LogP contribution in [0.4, 0.5) is 16.4 Å². The molecular weight excluding hydrogens is 268 g/mol. The van der Waals surface area contributed by atoms with Crippen molar-refractivity contribution in [1.29, 1.82) is 0 Å². The number of hydrogen-bond acceptors (Lipinski definition) is 5. The fraction of sp³-hybridized carbons (Fsp3) is 0.643. The van der Waals surface area contributed by atoms with Crippen molar-refractivity contribution < 1.29 is 4.79 Å². The number of aromatic nitrogens is 2. The highest BCUT2D eigenvalue weighted by Crippen LogP contribution is 2.25. The quantitative estimate of drug-likeness (QED) is 0.848. The molecule has 21 heavy (non-hydrogen) atoms. The molecule has 1 aromatic heterocycles. The van der Waals surface area contributed by atoms with Crippen molar-refractivity contribution in [3.05, 3.63) is 11.4 Å². The van der Waals surface area contributed by atoms with Gasteiger partial charge in [0.25, 0.3) is 0 Å². The Hall–Kier alpha value is -2.05. The van der Waals surface area contributed by atoms with Gasteiger partial charge in [-0.15, -0.1) is 0 Å². The molecule has 1 unspecified atom stereocenters. The Morgan fingerprint density at radius 2 is 2.19 bits per heavy atom. The number of hydrogen-bond donors (Lipinski definition) is 2. The van der Waals surface area contributed by atoms with Crippen molar-refractivity contribution in [2.45, 2.75) is 32.7 Å². The van der Waals surface area contributed by atoms with E-state index in [1.807, 2.05) is 11.8 Å². The van der Waals surface area contributed by atoms with E-state index in [0.717, 1.165) is 49.7 Å². The van der Waals surface area contributed by atoms with E-state index in [1.165, 1.54) is 0 Å². The second-order valence-electron chi connectivity index (χ2n) is 5.70. The van der Waals surface area contributed by atoms with Gasteiger partial charge < -0.3 is 20.9 Å². The van der Waals surface area contributed by atoms with Gasteiger partial charge in [-0.2, -0.15) is 0 Å². The Kier molecular flexibility index (Phi) is 3.57. The third-order valence-electron chi connectivity index (χ3n) is 4.21. The number of nitrogen functional groups attached to an aromatic ring is 1. The predicted molar refractivity (Wildman–Crippen MR) is 81.3 cm³/mol. The van der Waals surface area contributed by atoms with Gasteiger partial charge in [0.2, 0.25) is 0 Å². The first-order valence-corrected chi connectivity index (χ1v) is 7.52. The number of carbonyl (C=O) groups excluding carboxylic acids is 1. The number of rotatable bonds is 3.